The number of likely N-dealkylation sites (tertiary alicyclic amines) is 1. The molecule has 0 aliphatic carbocycles. The van der Waals surface area contributed by atoms with Crippen LogP contribution in [0.25, 0.3) is 0 Å². The number of aliphatic hydroxyl groups excluding tert-OH is 1. The highest BCUT2D eigenvalue weighted by Crippen LogP contribution is 2.68. The van der Waals surface area contributed by atoms with Crippen LogP contribution in [0.1, 0.15) is 12.0 Å². The fourth-order valence-corrected chi connectivity index (χ4v) is 11.0. The first kappa shape index (κ1) is 32.2. The molecule has 1 aromatic rings. The molecule has 0 radical (unpaired) electrons. The van der Waals surface area contributed by atoms with E-state index in [4.69, 9.17) is 4.74 Å². The average Bonchev–Trinajstić information content (AvgIpc) is 3.61. The molecule has 2 bridgehead atoms. The Morgan fingerprint density at radius 1 is 1.19 bits per heavy atom. The number of morpholine rings is 1. The molecule has 234 valence electrons. The molecule has 3 unspecified atom stereocenters. The van der Waals surface area contributed by atoms with Crippen molar-refractivity contribution in [2.24, 2.45) is 11.8 Å². The smallest absolute Gasteiger partial charge is 0.247 e. The Balaban J connectivity index is 1.53. The van der Waals surface area contributed by atoms with Crippen LogP contribution in [0.3, 0.4) is 0 Å². The van der Waals surface area contributed by atoms with Gasteiger partial charge in [-0.2, -0.15) is 0 Å². The maximum atomic E-state index is 14.8. The van der Waals surface area contributed by atoms with E-state index in [0.29, 0.717) is 52.2 Å². The zero-order valence-corrected chi connectivity index (χ0v) is 27.3. The van der Waals surface area contributed by atoms with Gasteiger partial charge in [-0.05, 0) is 18.4 Å². The van der Waals surface area contributed by atoms with Gasteiger partial charge in [0.15, 0.2) is 0 Å². The summed E-state index contributed by atoms with van der Waals surface area (Å²) in [6, 6.07) is 8.31. The molecule has 7 atom stereocenters. The first-order valence-electron chi connectivity index (χ1n) is 15.1. The summed E-state index contributed by atoms with van der Waals surface area (Å²) < 4.78 is 4.71. The van der Waals surface area contributed by atoms with Gasteiger partial charge in [0, 0.05) is 56.4 Å². The molecule has 1 spiro atoms. The number of ether oxygens (including phenoxy) is 1. The third-order valence-electron chi connectivity index (χ3n) is 9.39. The lowest BCUT2D eigenvalue weighted by Crippen LogP contribution is -2.59. The number of hydrogen-bond donors (Lipinski definition) is 1. The van der Waals surface area contributed by atoms with E-state index in [9.17, 15) is 19.5 Å². The third-order valence-corrected chi connectivity index (χ3v) is 12.6. The Morgan fingerprint density at radius 2 is 1.88 bits per heavy atom. The molecular weight excluding hydrogens is 632 g/mol. The van der Waals surface area contributed by atoms with Crippen LogP contribution in [0, 0.1) is 11.8 Å². The minimum absolute atomic E-state index is 0.0224. The average molecular weight is 676 g/mol. The highest BCUT2D eigenvalue weighted by atomic mass is 79.9. The van der Waals surface area contributed by atoms with E-state index in [0.717, 1.165) is 18.7 Å². The van der Waals surface area contributed by atoms with Gasteiger partial charge in [0.25, 0.3) is 0 Å². The number of thioether (sulfide) groups is 1. The molecule has 1 aromatic carbocycles. The lowest BCUT2D eigenvalue weighted by atomic mass is 9.70. The van der Waals surface area contributed by atoms with Crippen LogP contribution in [0.4, 0.5) is 0 Å². The highest BCUT2D eigenvalue weighted by Gasteiger charge is 2.76. The number of amides is 3. The van der Waals surface area contributed by atoms with Crippen molar-refractivity contribution in [1.29, 1.82) is 0 Å². The van der Waals surface area contributed by atoms with Crippen LogP contribution in [0.5, 0.6) is 0 Å². The van der Waals surface area contributed by atoms with Crippen molar-refractivity contribution in [2.75, 3.05) is 66.1 Å². The second kappa shape index (κ2) is 13.9. The van der Waals surface area contributed by atoms with Crippen molar-refractivity contribution in [2.45, 2.75) is 39.7 Å². The molecule has 4 heterocycles. The second-order valence-electron chi connectivity index (χ2n) is 12.0. The summed E-state index contributed by atoms with van der Waals surface area (Å²) in [5.74, 6) is -1.68. The van der Waals surface area contributed by atoms with Crippen LogP contribution in [-0.2, 0) is 25.5 Å². The van der Waals surface area contributed by atoms with Crippen molar-refractivity contribution < 1.29 is 24.2 Å². The number of benzene rings is 1. The summed E-state index contributed by atoms with van der Waals surface area (Å²) in [4.78, 5) is 50.7. The van der Waals surface area contributed by atoms with Gasteiger partial charge in [0.2, 0.25) is 17.7 Å². The van der Waals surface area contributed by atoms with Crippen molar-refractivity contribution in [3.8, 4) is 0 Å². The van der Waals surface area contributed by atoms with Gasteiger partial charge in [-0.3, -0.25) is 19.3 Å². The maximum Gasteiger partial charge on any atom is 0.247 e. The third kappa shape index (κ3) is 6.08. The summed E-state index contributed by atoms with van der Waals surface area (Å²) in [7, 11) is 1.74. The van der Waals surface area contributed by atoms with Crippen LogP contribution in [0.2, 0.25) is 0 Å². The Morgan fingerprint density at radius 3 is 2.53 bits per heavy atom. The topological polar surface area (TPSA) is 93.6 Å². The highest BCUT2D eigenvalue weighted by molar-refractivity contribution is 9.09. The van der Waals surface area contributed by atoms with Crippen LogP contribution >= 0.6 is 27.7 Å². The molecule has 4 aliphatic rings. The molecule has 4 aliphatic heterocycles. The zero-order chi connectivity index (χ0) is 30.7. The molecule has 0 saturated carbocycles. The molecule has 9 nitrogen and oxygen atoms in total. The minimum Gasteiger partial charge on any atom is -0.394 e. The number of hydrogen-bond acceptors (Lipinski definition) is 7. The summed E-state index contributed by atoms with van der Waals surface area (Å²) in [6.45, 7) is 12.3. The zero-order valence-electron chi connectivity index (χ0n) is 24.9. The number of rotatable bonds is 13. The Bertz CT molecular complexity index is 1200. The molecule has 11 heteroatoms. The van der Waals surface area contributed by atoms with Gasteiger partial charge < -0.3 is 24.5 Å². The van der Waals surface area contributed by atoms with Crippen LogP contribution < -0.4 is 0 Å². The Kier molecular flexibility index (Phi) is 10.4. The summed E-state index contributed by atoms with van der Waals surface area (Å²) in [6.07, 6.45) is 4.41. The molecule has 5 rings (SSSR count). The number of fused-ring (bicyclic) bond motifs is 1. The molecule has 43 heavy (non-hydrogen) atoms. The summed E-state index contributed by atoms with van der Waals surface area (Å²) in [5, 5.41) is 10.6. The molecule has 3 amide bonds. The number of likely N-dealkylation sites (N-methyl/N-ethyl adjacent to an activating group) is 1. The van der Waals surface area contributed by atoms with Gasteiger partial charge in [-0.1, -0.05) is 58.4 Å². The van der Waals surface area contributed by atoms with Crippen LogP contribution in [0.15, 0.2) is 55.6 Å². The Labute approximate surface area is 267 Å². The fourth-order valence-electron chi connectivity index (χ4n) is 7.40. The van der Waals surface area contributed by atoms with E-state index in [1.165, 1.54) is 0 Å². The maximum absolute atomic E-state index is 14.8. The van der Waals surface area contributed by atoms with Crippen molar-refractivity contribution >= 4 is 45.4 Å². The van der Waals surface area contributed by atoms with Crippen molar-refractivity contribution in [1.82, 2.24) is 19.6 Å². The molecule has 4 fully saturated rings. The van der Waals surface area contributed by atoms with E-state index in [-0.39, 0.29) is 34.4 Å². The van der Waals surface area contributed by atoms with Gasteiger partial charge >= 0.3 is 0 Å². The first-order valence-corrected chi connectivity index (χ1v) is 16.9. The number of carbonyl (C=O) groups is 3. The standard InChI is InChI=1S/C32H43BrN4O5S/c1-4-11-34(3)29(39)25-26-30(40)37(23(21-38)19-22-9-7-6-8-10-22)28(32(26)20-24(33)27(25)43-32)31(41)36(12-5-2)14-13-35-15-17-42-18-16-35/h4-10,23-28,38H,1-2,11-21H2,3H3/t23-,24?,25-,26+,27-,28?,32?/m1/s1. The van der Waals surface area contributed by atoms with Crippen molar-refractivity contribution in [3.05, 3.63) is 61.2 Å². The number of nitrogens with zero attached hydrogens (tertiary/aromatic N) is 4. The number of aliphatic hydroxyl groups is 1. The van der Waals surface area contributed by atoms with E-state index in [1.54, 1.807) is 45.7 Å². The van der Waals surface area contributed by atoms with Crippen LogP contribution in [-0.4, -0.2) is 135 Å². The number of carbonyl (C=O) groups excluding carboxylic acids is 3. The van der Waals surface area contributed by atoms with Gasteiger partial charge in [-0.15, -0.1) is 24.9 Å². The molecule has 4 saturated heterocycles. The van der Waals surface area contributed by atoms with Crippen molar-refractivity contribution in [3.63, 3.8) is 0 Å². The number of alkyl halides is 1. The lowest BCUT2D eigenvalue weighted by Gasteiger charge is -2.40. The molecule has 0 aromatic heterocycles. The quantitative estimate of drug-likeness (QED) is 0.253. The predicted octanol–water partition coefficient (Wildman–Crippen LogP) is 2.05. The second-order valence-corrected chi connectivity index (χ2v) is 14.7. The normalized spacial score (nSPS) is 30.6. The predicted molar refractivity (Wildman–Crippen MR) is 172 cm³/mol. The first-order chi connectivity index (χ1) is 20.8. The van der Waals surface area contributed by atoms with E-state index < -0.39 is 28.7 Å². The number of halogens is 1. The molecule has 1 N–H and O–H groups in total. The van der Waals surface area contributed by atoms with E-state index >= 15 is 0 Å². The van der Waals surface area contributed by atoms with E-state index in [2.05, 4.69) is 34.0 Å². The fraction of sp³-hybridized carbons (Fsp3) is 0.594. The van der Waals surface area contributed by atoms with Gasteiger partial charge in [-0.25, -0.2) is 0 Å². The Hall–Kier alpha value is -2.18. The summed E-state index contributed by atoms with van der Waals surface area (Å²) in [5.41, 5.74) is 0.971. The van der Waals surface area contributed by atoms with Gasteiger partial charge in [0.1, 0.15) is 6.04 Å². The molecular formula is C32H43BrN4O5S. The summed E-state index contributed by atoms with van der Waals surface area (Å²) >= 11 is 5.47. The minimum atomic E-state index is -0.812. The lowest BCUT2D eigenvalue weighted by molar-refractivity contribution is -0.146. The van der Waals surface area contributed by atoms with E-state index in [1.807, 2.05) is 30.3 Å². The SMILES string of the molecule is C=CCN(C)C(=O)[C@H]1[C@@H]2SC3(CC2Br)C(C(=O)N(CC=C)CCN2CCOCC2)N([C@@H](CO)Cc2ccccc2)C(=O)[C@H]13. The largest absolute Gasteiger partial charge is 0.394 e. The van der Waals surface area contributed by atoms with Gasteiger partial charge in [0.05, 0.1) is 42.4 Å². The monoisotopic (exact) mass is 674 g/mol.